The summed E-state index contributed by atoms with van der Waals surface area (Å²) in [5.74, 6) is 1.65. The lowest BCUT2D eigenvalue weighted by Crippen LogP contribution is -2.28. The lowest BCUT2D eigenvalue weighted by molar-refractivity contribution is 0.596. The standard InChI is InChI=1S/C15H20FN7/c1-10-14(16)15(20-8-17-10)23-5-4-11(7-23)21-12-6-13(22(2)3)19-9-18-12/h6,8-9,11H,4-5,7H2,1-3H3,(H,18,19,21). The van der Waals surface area contributed by atoms with E-state index >= 15 is 0 Å². The van der Waals surface area contributed by atoms with Crippen LogP contribution in [0, 0.1) is 12.7 Å². The fraction of sp³-hybridized carbons (Fsp3) is 0.467. The minimum absolute atomic E-state index is 0.189. The Kier molecular flexibility index (Phi) is 4.22. The van der Waals surface area contributed by atoms with E-state index < -0.39 is 0 Å². The predicted molar refractivity (Wildman–Crippen MR) is 87.3 cm³/mol. The van der Waals surface area contributed by atoms with Crippen molar-refractivity contribution in [2.24, 2.45) is 0 Å². The van der Waals surface area contributed by atoms with Gasteiger partial charge in [-0.05, 0) is 13.3 Å². The normalized spacial score (nSPS) is 17.4. The van der Waals surface area contributed by atoms with E-state index in [0.717, 1.165) is 24.6 Å². The van der Waals surface area contributed by atoms with Crippen molar-refractivity contribution in [2.45, 2.75) is 19.4 Å². The van der Waals surface area contributed by atoms with Gasteiger partial charge >= 0.3 is 0 Å². The quantitative estimate of drug-likeness (QED) is 0.915. The molecule has 0 amide bonds. The molecule has 8 heteroatoms. The number of anilines is 3. The van der Waals surface area contributed by atoms with Crippen LogP contribution in [0.2, 0.25) is 0 Å². The van der Waals surface area contributed by atoms with E-state index in [1.807, 2.05) is 30.0 Å². The molecule has 3 rings (SSSR count). The van der Waals surface area contributed by atoms with Crippen molar-refractivity contribution >= 4 is 17.5 Å². The van der Waals surface area contributed by atoms with Crippen molar-refractivity contribution < 1.29 is 4.39 Å². The Bertz CT molecular complexity index is 691. The number of halogens is 1. The molecule has 0 aliphatic carbocycles. The zero-order valence-corrected chi connectivity index (χ0v) is 13.5. The van der Waals surface area contributed by atoms with Gasteiger partial charge in [0, 0.05) is 39.3 Å². The minimum atomic E-state index is -0.343. The molecule has 1 N–H and O–H groups in total. The summed E-state index contributed by atoms with van der Waals surface area (Å²) in [6.45, 7) is 3.07. The molecule has 1 saturated heterocycles. The summed E-state index contributed by atoms with van der Waals surface area (Å²) in [5.41, 5.74) is 0.373. The topological polar surface area (TPSA) is 70.1 Å². The number of hydrogen-bond donors (Lipinski definition) is 1. The number of aryl methyl sites for hydroxylation is 1. The molecule has 0 saturated carbocycles. The molecule has 23 heavy (non-hydrogen) atoms. The Labute approximate surface area is 134 Å². The average molecular weight is 317 g/mol. The highest BCUT2D eigenvalue weighted by Gasteiger charge is 2.26. The second-order valence-corrected chi connectivity index (χ2v) is 5.83. The van der Waals surface area contributed by atoms with E-state index in [0.29, 0.717) is 18.1 Å². The first kappa shape index (κ1) is 15.4. The summed E-state index contributed by atoms with van der Waals surface area (Å²) in [5, 5.41) is 3.38. The van der Waals surface area contributed by atoms with Gasteiger partial charge in [0.1, 0.15) is 24.3 Å². The molecule has 1 fully saturated rings. The van der Waals surface area contributed by atoms with Crippen molar-refractivity contribution in [2.75, 3.05) is 42.3 Å². The van der Waals surface area contributed by atoms with Crippen LogP contribution in [0.15, 0.2) is 18.7 Å². The predicted octanol–water partition coefficient (Wildman–Crippen LogP) is 1.47. The molecule has 122 valence electrons. The highest BCUT2D eigenvalue weighted by atomic mass is 19.1. The minimum Gasteiger partial charge on any atom is -0.365 e. The van der Waals surface area contributed by atoms with E-state index in [-0.39, 0.29) is 11.9 Å². The maximum absolute atomic E-state index is 14.1. The average Bonchev–Trinajstić information content (AvgIpc) is 2.98. The van der Waals surface area contributed by atoms with Crippen LogP contribution in [0.5, 0.6) is 0 Å². The van der Waals surface area contributed by atoms with Crippen molar-refractivity contribution in [3.05, 3.63) is 30.2 Å². The van der Waals surface area contributed by atoms with Crippen molar-refractivity contribution in [3.8, 4) is 0 Å². The summed E-state index contributed by atoms with van der Waals surface area (Å²) >= 11 is 0. The third kappa shape index (κ3) is 3.30. The molecule has 1 aliphatic heterocycles. The molecule has 1 atom stereocenters. The third-order valence-corrected chi connectivity index (χ3v) is 3.90. The molecule has 0 radical (unpaired) electrons. The lowest BCUT2D eigenvalue weighted by atomic mass is 10.2. The first-order chi connectivity index (χ1) is 11.0. The van der Waals surface area contributed by atoms with E-state index in [1.165, 1.54) is 12.7 Å². The summed E-state index contributed by atoms with van der Waals surface area (Å²) in [7, 11) is 3.87. The number of rotatable bonds is 4. The van der Waals surface area contributed by atoms with Gasteiger partial charge in [-0.3, -0.25) is 0 Å². The fourth-order valence-electron chi connectivity index (χ4n) is 2.62. The fourth-order valence-corrected chi connectivity index (χ4v) is 2.62. The molecular weight excluding hydrogens is 297 g/mol. The van der Waals surface area contributed by atoms with Crippen molar-refractivity contribution in [3.63, 3.8) is 0 Å². The first-order valence-corrected chi connectivity index (χ1v) is 7.52. The highest BCUT2D eigenvalue weighted by Crippen LogP contribution is 2.24. The van der Waals surface area contributed by atoms with Gasteiger partial charge in [-0.25, -0.2) is 24.3 Å². The Morgan fingerprint density at radius 2 is 2.00 bits per heavy atom. The van der Waals surface area contributed by atoms with Crippen LogP contribution in [-0.2, 0) is 0 Å². The van der Waals surface area contributed by atoms with Gasteiger partial charge in [0.2, 0.25) is 0 Å². The highest BCUT2D eigenvalue weighted by molar-refractivity contribution is 5.49. The second kappa shape index (κ2) is 6.31. The summed E-state index contributed by atoms with van der Waals surface area (Å²) in [6, 6.07) is 2.09. The zero-order valence-electron chi connectivity index (χ0n) is 13.5. The van der Waals surface area contributed by atoms with E-state index in [1.54, 1.807) is 6.92 Å². The largest absolute Gasteiger partial charge is 0.365 e. The third-order valence-electron chi connectivity index (χ3n) is 3.90. The van der Waals surface area contributed by atoms with Crippen LogP contribution in [0.1, 0.15) is 12.1 Å². The van der Waals surface area contributed by atoms with E-state index in [4.69, 9.17) is 0 Å². The monoisotopic (exact) mass is 317 g/mol. The number of aromatic nitrogens is 4. The summed E-state index contributed by atoms with van der Waals surface area (Å²) < 4.78 is 14.1. The Morgan fingerprint density at radius 1 is 1.22 bits per heavy atom. The molecule has 1 aliphatic rings. The maximum atomic E-state index is 14.1. The molecule has 2 aromatic heterocycles. The van der Waals surface area contributed by atoms with Gasteiger partial charge in [0.25, 0.3) is 0 Å². The smallest absolute Gasteiger partial charge is 0.186 e. The number of hydrogen-bond acceptors (Lipinski definition) is 7. The zero-order chi connectivity index (χ0) is 16.4. The second-order valence-electron chi connectivity index (χ2n) is 5.83. The van der Waals surface area contributed by atoms with Crippen LogP contribution in [0.3, 0.4) is 0 Å². The van der Waals surface area contributed by atoms with Crippen LogP contribution in [-0.4, -0.2) is 53.2 Å². The SMILES string of the molecule is Cc1ncnc(N2CCC(Nc3cc(N(C)C)ncn3)C2)c1F. The van der Waals surface area contributed by atoms with E-state index in [9.17, 15) is 4.39 Å². The Morgan fingerprint density at radius 3 is 2.78 bits per heavy atom. The molecular formula is C15H20FN7. The van der Waals surface area contributed by atoms with Crippen LogP contribution in [0.25, 0.3) is 0 Å². The molecule has 7 nitrogen and oxygen atoms in total. The molecule has 1 unspecified atom stereocenters. The van der Waals surface area contributed by atoms with Gasteiger partial charge in [-0.15, -0.1) is 0 Å². The molecule has 0 bridgehead atoms. The Hall–Kier alpha value is -2.51. The lowest BCUT2D eigenvalue weighted by Gasteiger charge is -2.19. The summed E-state index contributed by atoms with van der Waals surface area (Å²) in [4.78, 5) is 20.3. The van der Waals surface area contributed by atoms with Crippen LogP contribution >= 0.6 is 0 Å². The number of nitrogens with one attached hydrogen (secondary N) is 1. The van der Waals surface area contributed by atoms with Gasteiger partial charge in [-0.2, -0.15) is 0 Å². The maximum Gasteiger partial charge on any atom is 0.186 e. The van der Waals surface area contributed by atoms with Crippen LogP contribution < -0.4 is 15.1 Å². The van der Waals surface area contributed by atoms with E-state index in [2.05, 4.69) is 25.3 Å². The molecule has 0 aromatic carbocycles. The molecule has 2 aromatic rings. The first-order valence-electron chi connectivity index (χ1n) is 7.52. The van der Waals surface area contributed by atoms with Crippen molar-refractivity contribution in [1.82, 2.24) is 19.9 Å². The Balaban J connectivity index is 1.68. The molecule has 0 spiro atoms. The van der Waals surface area contributed by atoms with Gasteiger partial charge in [-0.1, -0.05) is 0 Å². The number of nitrogens with zero attached hydrogens (tertiary/aromatic N) is 6. The van der Waals surface area contributed by atoms with Gasteiger partial charge < -0.3 is 15.1 Å². The van der Waals surface area contributed by atoms with Crippen LogP contribution in [0.4, 0.5) is 21.8 Å². The van der Waals surface area contributed by atoms with Gasteiger partial charge in [0.05, 0.1) is 5.69 Å². The molecule has 3 heterocycles. The van der Waals surface area contributed by atoms with Gasteiger partial charge in [0.15, 0.2) is 11.6 Å². The summed E-state index contributed by atoms with van der Waals surface area (Å²) in [6.07, 6.45) is 3.84. The van der Waals surface area contributed by atoms with Crippen molar-refractivity contribution in [1.29, 1.82) is 0 Å².